The average Bonchev–Trinajstić information content (AvgIpc) is 2.38. The third-order valence-electron chi connectivity index (χ3n) is 2.84. The second-order valence-corrected chi connectivity index (χ2v) is 5.59. The van der Waals surface area contributed by atoms with Gasteiger partial charge >= 0.3 is 0 Å². The van der Waals surface area contributed by atoms with Crippen LogP contribution in [-0.2, 0) is 6.42 Å². The molecule has 2 aromatic rings. The molecule has 0 saturated carbocycles. The standard InChI is InChI=1S/C15H15BrClNO/c1-10-5-6-11(16)9-15(10)19-14-4-2-3-13(17)12(14)7-8-18/h2-6,9H,7-8,18H2,1H3. The van der Waals surface area contributed by atoms with E-state index in [1.165, 1.54) is 0 Å². The number of halogens is 2. The molecule has 0 aliphatic heterocycles. The quantitative estimate of drug-likeness (QED) is 0.875. The molecule has 0 heterocycles. The van der Waals surface area contributed by atoms with Crippen LogP contribution in [0.25, 0.3) is 0 Å². The summed E-state index contributed by atoms with van der Waals surface area (Å²) < 4.78 is 6.97. The second-order valence-electron chi connectivity index (χ2n) is 4.27. The molecule has 4 heteroatoms. The van der Waals surface area contributed by atoms with Gasteiger partial charge in [-0.25, -0.2) is 0 Å². The van der Waals surface area contributed by atoms with Crippen molar-refractivity contribution in [1.82, 2.24) is 0 Å². The molecule has 0 aliphatic rings. The molecule has 2 aromatic carbocycles. The van der Waals surface area contributed by atoms with E-state index in [4.69, 9.17) is 22.1 Å². The number of benzene rings is 2. The summed E-state index contributed by atoms with van der Waals surface area (Å²) in [6.07, 6.45) is 0.696. The Kier molecular flexibility index (Phi) is 4.86. The van der Waals surface area contributed by atoms with Gasteiger partial charge in [-0.2, -0.15) is 0 Å². The predicted molar refractivity (Wildman–Crippen MR) is 83.2 cm³/mol. The largest absolute Gasteiger partial charge is 0.457 e. The molecule has 2 nitrogen and oxygen atoms in total. The number of nitrogens with two attached hydrogens (primary N) is 1. The minimum absolute atomic E-state index is 0.539. The fourth-order valence-corrected chi connectivity index (χ4v) is 2.42. The molecule has 0 spiro atoms. The van der Waals surface area contributed by atoms with Crippen LogP contribution >= 0.6 is 27.5 Å². The zero-order valence-corrected chi connectivity index (χ0v) is 13.0. The van der Waals surface area contributed by atoms with Gasteiger partial charge in [0.25, 0.3) is 0 Å². The Balaban J connectivity index is 2.37. The van der Waals surface area contributed by atoms with E-state index in [0.717, 1.165) is 27.1 Å². The van der Waals surface area contributed by atoms with E-state index in [1.807, 2.05) is 43.3 Å². The maximum atomic E-state index is 6.20. The van der Waals surface area contributed by atoms with Crippen LogP contribution in [-0.4, -0.2) is 6.54 Å². The van der Waals surface area contributed by atoms with Gasteiger partial charge in [0, 0.05) is 15.1 Å². The third kappa shape index (κ3) is 3.50. The molecule has 0 amide bonds. The number of aryl methyl sites for hydroxylation is 1. The molecule has 0 radical (unpaired) electrons. The SMILES string of the molecule is Cc1ccc(Br)cc1Oc1cccc(Cl)c1CCN. The van der Waals surface area contributed by atoms with Gasteiger partial charge in [-0.1, -0.05) is 39.7 Å². The van der Waals surface area contributed by atoms with E-state index in [0.29, 0.717) is 18.0 Å². The normalized spacial score (nSPS) is 10.5. The lowest BCUT2D eigenvalue weighted by atomic mass is 10.1. The predicted octanol–water partition coefficient (Wildman–Crippen LogP) is 4.70. The van der Waals surface area contributed by atoms with Gasteiger partial charge in [-0.15, -0.1) is 0 Å². The highest BCUT2D eigenvalue weighted by Gasteiger charge is 2.10. The molecular formula is C15H15BrClNO. The van der Waals surface area contributed by atoms with Gasteiger partial charge in [0.1, 0.15) is 11.5 Å². The van der Waals surface area contributed by atoms with Crippen LogP contribution in [0.1, 0.15) is 11.1 Å². The molecule has 19 heavy (non-hydrogen) atoms. The van der Waals surface area contributed by atoms with Crippen LogP contribution < -0.4 is 10.5 Å². The number of rotatable bonds is 4. The molecule has 0 fully saturated rings. The first kappa shape index (κ1) is 14.4. The average molecular weight is 341 g/mol. The highest BCUT2D eigenvalue weighted by molar-refractivity contribution is 9.10. The lowest BCUT2D eigenvalue weighted by Crippen LogP contribution is -2.04. The minimum atomic E-state index is 0.539. The third-order valence-corrected chi connectivity index (χ3v) is 3.69. The van der Waals surface area contributed by atoms with Crippen molar-refractivity contribution in [3.63, 3.8) is 0 Å². The van der Waals surface area contributed by atoms with E-state index in [9.17, 15) is 0 Å². The Morgan fingerprint density at radius 2 is 2.00 bits per heavy atom. The van der Waals surface area contributed by atoms with E-state index >= 15 is 0 Å². The Morgan fingerprint density at radius 3 is 2.74 bits per heavy atom. The zero-order chi connectivity index (χ0) is 13.8. The van der Waals surface area contributed by atoms with Crippen LogP contribution in [0.5, 0.6) is 11.5 Å². The van der Waals surface area contributed by atoms with Crippen LogP contribution in [0.4, 0.5) is 0 Å². The molecule has 0 aliphatic carbocycles. The lowest BCUT2D eigenvalue weighted by molar-refractivity contribution is 0.472. The van der Waals surface area contributed by atoms with E-state index < -0.39 is 0 Å². The monoisotopic (exact) mass is 339 g/mol. The van der Waals surface area contributed by atoms with Crippen molar-refractivity contribution in [2.75, 3.05) is 6.54 Å². The summed E-state index contributed by atoms with van der Waals surface area (Å²) in [6, 6.07) is 11.6. The van der Waals surface area contributed by atoms with Crippen molar-refractivity contribution >= 4 is 27.5 Å². The Bertz CT molecular complexity index is 586. The lowest BCUT2D eigenvalue weighted by Gasteiger charge is -2.14. The van der Waals surface area contributed by atoms with Gasteiger partial charge in [-0.3, -0.25) is 0 Å². The number of hydrogen-bond donors (Lipinski definition) is 1. The molecule has 0 atom stereocenters. The van der Waals surface area contributed by atoms with Gasteiger partial charge in [0.05, 0.1) is 0 Å². The fraction of sp³-hybridized carbons (Fsp3) is 0.200. The smallest absolute Gasteiger partial charge is 0.132 e. The minimum Gasteiger partial charge on any atom is -0.457 e. The first-order valence-electron chi connectivity index (χ1n) is 6.03. The Morgan fingerprint density at radius 1 is 1.21 bits per heavy atom. The maximum Gasteiger partial charge on any atom is 0.132 e. The Labute approximate surface area is 126 Å². The van der Waals surface area contributed by atoms with Crippen molar-refractivity contribution in [2.24, 2.45) is 5.73 Å². The van der Waals surface area contributed by atoms with Gasteiger partial charge in [-0.05, 0) is 49.7 Å². The molecule has 0 aromatic heterocycles. The van der Waals surface area contributed by atoms with Crippen LogP contribution in [0.3, 0.4) is 0 Å². The summed E-state index contributed by atoms with van der Waals surface area (Å²) in [7, 11) is 0. The topological polar surface area (TPSA) is 35.2 Å². The summed E-state index contributed by atoms with van der Waals surface area (Å²) in [6.45, 7) is 2.55. The summed E-state index contributed by atoms with van der Waals surface area (Å²) in [5, 5.41) is 0.690. The van der Waals surface area contributed by atoms with Crippen molar-refractivity contribution in [3.05, 3.63) is 57.0 Å². The van der Waals surface area contributed by atoms with Crippen LogP contribution in [0.15, 0.2) is 40.9 Å². The van der Waals surface area contributed by atoms with Gasteiger partial charge in [0.15, 0.2) is 0 Å². The van der Waals surface area contributed by atoms with Gasteiger partial charge < -0.3 is 10.5 Å². The summed E-state index contributed by atoms with van der Waals surface area (Å²) in [5.74, 6) is 1.58. The van der Waals surface area contributed by atoms with Crippen molar-refractivity contribution < 1.29 is 4.74 Å². The first-order chi connectivity index (χ1) is 9.11. The molecule has 100 valence electrons. The second kappa shape index (κ2) is 6.42. The van der Waals surface area contributed by atoms with Crippen molar-refractivity contribution in [2.45, 2.75) is 13.3 Å². The van der Waals surface area contributed by atoms with Crippen molar-refractivity contribution in [3.8, 4) is 11.5 Å². The fourth-order valence-electron chi connectivity index (χ4n) is 1.82. The molecule has 0 bridgehead atoms. The van der Waals surface area contributed by atoms with E-state index in [2.05, 4.69) is 15.9 Å². The summed E-state index contributed by atoms with van der Waals surface area (Å²) in [5.41, 5.74) is 7.65. The summed E-state index contributed by atoms with van der Waals surface area (Å²) in [4.78, 5) is 0. The molecule has 2 rings (SSSR count). The molecular weight excluding hydrogens is 326 g/mol. The zero-order valence-electron chi connectivity index (χ0n) is 10.6. The van der Waals surface area contributed by atoms with E-state index in [-0.39, 0.29) is 0 Å². The number of ether oxygens (including phenoxy) is 1. The van der Waals surface area contributed by atoms with Crippen molar-refractivity contribution in [1.29, 1.82) is 0 Å². The number of hydrogen-bond acceptors (Lipinski definition) is 2. The highest BCUT2D eigenvalue weighted by Crippen LogP contribution is 2.33. The van der Waals surface area contributed by atoms with Crippen LogP contribution in [0.2, 0.25) is 5.02 Å². The Hall–Kier alpha value is -1.03. The van der Waals surface area contributed by atoms with Gasteiger partial charge in [0.2, 0.25) is 0 Å². The molecule has 0 unspecified atom stereocenters. The molecule has 0 saturated heterocycles. The summed E-state index contributed by atoms with van der Waals surface area (Å²) >= 11 is 9.65. The maximum absolute atomic E-state index is 6.20. The first-order valence-corrected chi connectivity index (χ1v) is 7.20. The highest BCUT2D eigenvalue weighted by atomic mass is 79.9. The van der Waals surface area contributed by atoms with Crippen LogP contribution in [0, 0.1) is 6.92 Å². The van der Waals surface area contributed by atoms with E-state index in [1.54, 1.807) is 0 Å². The molecule has 2 N–H and O–H groups in total.